The summed E-state index contributed by atoms with van der Waals surface area (Å²) in [6, 6.07) is 0. The van der Waals surface area contributed by atoms with Crippen molar-refractivity contribution in [3.05, 3.63) is 0 Å². The zero-order chi connectivity index (χ0) is 15.5. The molecule has 3 aliphatic heterocycles. The van der Waals surface area contributed by atoms with E-state index in [4.69, 9.17) is 16.9 Å². The van der Waals surface area contributed by atoms with Crippen molar-refractivity contribution in [2.75, 3.05) is 45.9 Å². The number of hydrogen-bond acceptors (Lipinski definition) is 3. The number of nitrogens with zero attached hydrogens (tertiary/aromatic N) is 3. The minimum Gasteiger partial charge on any atom is -0.396 e. The topological polar surface area (TPSA) is 49.5 Å². The number of aliphatic hydroxyl groups excluding tert-OH is 2. The van der Waals surface area contributed by atoms with Gasteiger partial charge >= 0.3 is 0 Å². The molecule has 0 aromatic carbocycles. The molecule has 2 atom stereocenters. The van der Waals surface area contributed by atoms with Crippen molar-refractivity contribution in [1.29, 1.82) is 0 Å². The maximum absolute atomic E-state index is 9.35. The van der Waals surface area contributed by atoms with Crippen molar-refractivity contribution in [2.24, 2.45) is 5.92 Å². The molecule has 21 heavy (non-hydrogen) atoms. The van der Waals surface area contributed by atoms with E-state index in [1.807, 2.05) is 13.8 Å². The molecule has 2 N–H and O–H groups in total. The van der Waals surface area contributed by atoms with E-state index in [-0.39, 0.29) is 18.6 Å². The lowest BCUT2D eigenvalue weighted by Crippen LogP contribution is -2.22. The van der Waals surface area contributed by atoms with E-state index in [1.165, 1.54) is 39.3 Å². The Morgan fingerprint density at radius 3 is 1.67 bits per heavy atom. The second-order valence-corrected chi connectivity index (χ2v) is 10.3. The summed E-state index contributed by atoms with van der Waals surface area (Å²) in [6.45, 7) is 10.4. The SMILES string of the molecule is CCCC(O)C(CC)CO.S=P(N1CC1)(N1CC1)N1CC1. The van der Waals surface area contributed by atoms with Gasteiger partial charge in [-0.3, -0.25) is 0 Å². The molecule has 0 radical (unpaired) electrons. The summed E-state index contributed by atoms with van der Waals surface area (Å²) >= 11 is 5.75. The molecule has 5 nitrogen and oxygen atoms in total. The average Bonchev–Trinajstić information content (AvgIpc) is 3.36. The molecular weight excluding hydrogens is 305 g/mol. The van der Waals surface area contributed by atoms with E-state index in [0.29, 0.717) is 0 Å². The molecule has 0 saturated carbocycles. The second-order valence-electron chi connectivity index (χ2n) is 6.08. The van der Waals surface area contributed by atoms with Gasteiger partial charge in [0.1, 0.15) is 6.49 Å². The van der Waals surface area contributed by atoms with Crippen molar-refractivity contribution in [3.63, 3.8) is 0 Å². The Kier molecular flexibility index (Phi) is 6.63. The number of rotatable bonds is 8. The summed E-state index contributed by atoms with van der Waals surface area (Å²) in [6.07, 6.45) is 2.34. The molecule has 124 valence electrons. The van der Waals surface area contributed by atoms with Crippen LogP contribution in [0, 0.1) is 5.92 Å². The highest BCUT2D eigenvalue weighted by molar-refractivity contribution is 8.11. The summed E-state index contributed by atoms with van der Waals surface area (Å²) in [7, 11) is 0. The molecule has 0 spiro atoms. The molecule has 3 saturated heterocycles. The number of hydrogen-bond donors (Lipinski definition) is 2. The lowest BCUT2D eigenvalue weighted by atomic mass is 9.97. The summed E-state index contributed by atoms with van der Waals surface area (Å²) in [5, 5.41) is 18.1. The van der Waals surface area contributed by atoms with E-state index in [9.17, 15) is 5.11 Å². The summed E-state index contributed by atoms with van der Waals surface area (Å²) in [4.78, 5) is 0. The zero-order valence-electron chi connectivity index (χ0n) is 13.3. The standard InChI is InChI=1S/C8H18O2.C6H12N3PS/c1-3-5-8(10)7(4-2)6-9;11-10(7-1-2-7,8-3-4-8)9-5-6-9/h7-10H,3-6H2,1-2H3;1-6H2. The van der Waals surface area contributed by atoms with Crippen LogP contribution in [0.15, 0.2) is 0 Å². The average molecular weight is 335 g/mol. The third-order valence-corrected chi connectivity index (χ3v) is 9.75. The van der Waals surface area contributed by atoms with Crippen LogP contribution in [0.2, 0.25) is 0 Å². The quantitative estimate of drug-likeness (QED) is 0.515. The van der Waals surface area contributed by atoms with E-state index in [1.54, 1.807) is 0 Å². The fraction of sp³-hybridized carbons (Fsp3) is 1.00. The van der Waals surface area contributed by atoms with Crippen LogP contribution in [-0.4, -0.2) is 76.2 Å². The van der Waals surface area contributed by atoms with E-state index >= 15 is 0 Å². The minimum absolute atomic E-state index is 0.0833. The van der Waals surface area contributed by atoms with Crippen LogP contribution in [0.5, 0.6) is 0 Å². The van der Waals surface area contributed by atoms with Gasteiger partial charge in [0.15, 0.2) is 0 Å². The normalized spacial score (nSPS) is 25.0. The molecule has 0 aromatic rings. The van der Waals surface area contributed by atoms with Gasteiger partial charge in [-0.15, -0.1) is 0 Å². The van der Waals surface area contributed by atoms with Crippen LogP contribution in [0.25, 0.3) is 0 Å². The molecule has 0 amide bonds. The summed E-state index contributed by atoms with van der Waals surface area (Å²) in [5.41, 5.74) is 0. The highest BCUT2D eigenvalue weighted by Crippen LogP contribution is 2.65. The van der Waals surface area contributed by atoms with Gasteiger partial charge in [0.05, 0.1) is 6.10 Å². The van der Waals surface area contributed by atoms with Crippen molar-refractivity contribution in [2.45, 2.75) is 39.2 Å². The Morgan fingerprint density at radius 1 is 1.00 bits per heavy atom. The van der Waals surface area contributed by atoms with Gasteiger partial charge in [-0.05, 0) is 24.6 Å². The van der Waals surface area contributed by atoms with Gasteiger partial charge in [-0.1, -0.05) is 20.3 Å². The molecule has 3 aliphatic rings. The van der Waals surface area contributed by atoms with Crippen molar-refractivity contribution in [1.82, 2.24) is 14.0 Å². The molecule has 3 heterocycles. The monoisotopic (exact) mass is 335 g/mol. The van der Waals surface area contributed by atoms with Crippen LogP contribution in [0.1, 0.15) is 33.1 Å². The summed E-state index contributed by atoms with van der Waals surface area (Å²) < 4.78 is 7.47. The largest absolute Gasteiger partial charge is 0.396 e. The van der Waals surface area contributed by atoms with Crippen LogP contribution >= 0.6 is 6.49 Å². The fourth-order valence-electron chi connectivity index (χ4n) is 2.51. The van der Waals surface area contributed by atoms with Crippen LogP contribution in [0.4, 0.5) is 0 Å². The van der Waals surface area contributed by atoms with Crippen molar-refractivity contribution >= 4 is 18.3 Å². The van der Waals surface area contributed by atoms with Gasteiger partial charge in [-0.2, -0.15) is 0 Å². The third kappa shape index (κ3) is 4.71. The molecule has 2 unspecified atom stereocenters. The first-order valence-corrected chi connectivity index (χ1v) is 10.9. The van der Waals surface area contributed by atoms with Gasteiger partial charge in [-0.25, -0.2) is 14.0 Å². The second kappa shape index (κ2) is 7.82. The highest BCUT2D eigenvalue weighted by Gasteiger charge is 2.50. The Morgan fingerprint density at radius 2 is 1.43 bits per heavy atom. The van der Waals surface area contributed by atoms with E-state index < -0.39 is 6.49 Å². The third-order valence-electron chi connectivity index (χ3n) is 4.26. The van der Waals surface area contributed by atoms with Crippen molar-refractivity contribution < 1.29 is 10.2 Å². The first kappa shape index (κ1) is 17.8. The van der Waals surface area contributed by atoms with Crippen LogP contribution in [0.3, 0.4) is 0 Å². The predicted molar refractivity (Wildman–Crippen MR) is 90.8 cm³/mol. The first-order chi connectivity index (χ1) is 10.1. The molecule has 0 aliphatic carbocycles. The number of aliphatic hydroxyl groups is 2. The maximum Gasteiger partial charge on any atom is 0.145 e. The van der Waals surface area contributed by atoms with Crippen LogP contribution < -0.4 is 0 Å². The molecule has 0 bridgehead atoms. The fourth-order valence-corrected chi connectivity index (χ4v) is 6.88. The summed E-state index contributed by atoms with van der Waals surface area (Å²) in [5.74, 6) is 0.0833. The van der Waals surface area contributed by atoms with Gasteiger partial charge < -0.3 is 10.2 Å². The van der Waals surface area contributed by atoms with E-state index in [0.717, 1.165) is 19.3 Å². The maximum atomic E-state index is 9.35. The lowest BCUT2D eigenvalue weighted by Gasteiger charge is -2.25. The Bertz CT molecular complexity index is 331. The molecular formula is C14H30N3O2PS. The van der Waals surface area contributed by atoms with Crippen molar-refractivity contribution in [3.8, 4) is 0 Å². The Balaban J connectivity index is 0.000000155. The smallest absolute Gasteiger partial charge is 0.145 e. The van der Waals surface area contributed by atoms with Gasteiger partial charge in [0.25, 0.3) is 0 Å². The molecule has 7 heteroatoms. The minimum atomic E-state index is -1.27. The zero-order valence-corrected chi connectivity index (χ0v) is 15.0. The van der Waals surface area contributed by atoms with Gasteiger partial charge in [0.2, 0.25) is 0 Å². The Hall–Kier alpha value is 0.450. The van der Waals surface area contributed by atoms with E-state index in [2.05, 4.69) is 14.0 Å². The predicted octanol–water partition coefficient (Wildman–Crippen LogP) is 1.32. The lowest BCUT2D eigenvalue weighted by molar-refractivity contribution is 0.0584. The highest BCUT2D eigenvalue weighted by atomic mass is 32.4. The molecule has 3 fully saturated rings. The molecule has 3 rings (SSSR count). The Labute approximate surface area is 134 Å². The van der Waals surface area contributed by atoms with Crippen LogP contribution in [-0.2, 0) is 11.8 Å². The first-order valence-electron chi connectivity index (χ1n) is 8.23. The molecule has 0 aromatic heterocycles. The van der Waals surface area contributed by atoms with Gasteiger partial charge in [0, 0.05) is 51.8 Å².